The van der Waals surface area contributed by atoms with Crippen molar-refractivity contribution in [3.05, 3.63) is 59.2 Å². The fourth-order valence-corrected chi connectivity index (χ4v) is 3.30. The van der Waals surface area contributed by atoms with E-state index in [-0.39, 0.29) is 5.91 Å². The number of aryl methyl sites for hydroxylation is 3. The number of anilines is 1. The molecule has 0 saturated carbocycles. The van der Waals surface area contributed by atoms with Gasteiger partial charge in [0, 0.05) is 12.7 Å². The molecule has 1 atom stereocenters. The first kappa shape index (κ1) is 17.5. The van der Waals surface area contributed by atoms with Crippen molar-refractivity contribution in [3.8, 4) is 5.75 Å². The van der Waals surface area contributed by atoms with Crippen LogP contribution >= 0.6 is 0 Å². The van der Waals surface area contributed by atoms with Gasteiger partial charge in [-0.3, -0.25) is 4.79 Å². The Bertz CT molecular complexity index is 736. The van der Waals surface area contributed by atoms with Crippen LogP contribution in [0, 0.1) is 6.92 Å². The molecule has 1 aliphatic rings. The van der Waals surface area contributed by atoms with Crippen LogP contribution in [0.4, 0.5) is 5.69 Å². The van der Waals surface area contributed by atoms with Gasteiger partial charge in [-0.15, -0.1) is 0 Å². The summed E-state index contributed by atoms with van der Waals surface area (Å²) in [6.07, 6.45) is 4.70. The molecule has 0 fully saturated rings. The Hall–Kier alpha value is -2.29. The third-order valence-electron chi connectivity index (χ3n) is 4.91. The summed E-state index contributed by atoms with van der Waals surface area (Å²) in [5.41, 5.74) is 4.67. The van der Waals surface area contributed by atoms with Gasteiger partial charge in [0.15, 0.2) is 6.10 Å². The van der Waals surface area contributed by atoms with E-state index in [0.717, 1.165) is 30.7 Å². The second-order valence-electron chi connectivity index (χ2n) is 6.92. The summed E-state index contributed by atoms with van der Waals surface area (Å²) in [6.45, 7) is 4.28. The van der Waals surface area contributed by atoms with Crippen molar-refractivity contribution in [2.75, 3.05) is 11.9 Å². The standard InChI is InChI=1S/C22H27NO2/c1-4-5-6-17-8-11-19(12-9-17)23(3)22(24)21-14-10-18-15-16(2)7-13-20(18)25-21/h7-9,11-13,15,21H,4-6,10,14H2,1-3H3. The van der Waals surface area contributed by atoms with Crippen LogP contribution in [0.3, 0.4) is 0 Å². The number of nitrogens with zero attached hydrogens (tertiary/aromatic N) is 1. The van der Waals surface area contributed by atoms with E-state index in [1.54, 1.807) is 4.90 Å². The minimum absolute atomic E-state index is 0.0209. The van der Waals surface area contributed by atoms with E-state index in [0.29, 0.717) is 0 Å². The van der Waals surface area contributed by atoms with Crippen LogP contribution in [-0.2, 0) is 17.6 Å². The Morgan fingerprint density at radius 1 is 1.20 bits per heavy atom. The molecule has 3 rings (SSSR count). The van der Waals surface area contributed by atoms with Gasteiger partial charge in [0.2, 0.25) is 0 Å². The Labute approximate surface area is 150 Å². The van der Waals surface area contributed by atoms with E-state index < -0.39 is 6.10 Å². The maximum absolute atomic E-state index is 12.8. The largest absolute Gasteiger partial charge is 0.480 e. The van der Waals surface area contributed by atoms with Gasteiger partial charge in [-0.25, -0.2) is 0 Å². The van der Waals surface area contributed by atoms with Crippen molar-refractivity contribution in [2.24, 2.45) is 0 Å². The third-order valence-corrected chi connectivity index (χ3v) is 4.91. The molecule has 1 aliphatic heterocycles. The lowest BCUT2D eigenvalue weighted by Gasteiger charge is -2.29. The normalized spacial score (nSPS) is 16.0. The van der Waals surface area contributed by atoms with Crippen LogP contribution in [0.5, 0.6) is 5.75 Å². The first-order chi connectivity index (χ1) is 12.1. The average Bonchev–Trinajstić information content (AvgIpc) is 2.65. The molecule has 1 amide bonds. The SMILES string of the molecule is CCCCc1ccc(N(C)C(=O)C2CCc3cc(C)ccc3O2)cc1. The number of carbonyl (C=O) groups excluding carboxylic acids is 1. The van der Waals surface area contributed by atoms with Gasteiger partial charge in [0.1, 0.15) is 5.75 Å². The lowest BCUT2D eigenvalue weighted by atomic mass is 9.99. The molecule has 0 radical (unpaired) electrons. The number of unbranched alkanes of at least 4 members (excludes halogenated alkanes) is 1. The number of fused-ring (bicyclic) bond motifs is 1. The van der Waals surface area contributed by atoms with Crippen LogP contribution in [0.15, 0.2) is 42.5 Å². The number of benzene rings is 2. The number of hydrogen-bond donors (Lipinski definition) is 0. The summed E-state index contributed by atoms with van der Waals surface area (Å²) in [4.78, 5) is 14.5. The smallest absolute Gasteiger partial charge is 0.267 e. The monoisotopic (exact) mass is 337 g/mol. The summed E-state index contributed by atoms with van der Waals surface area (Å²) in [6, 6.07) is 14.5. The molecule has 132 valence electrons. The second-order valence-corrected chi connectivity index (χ2v) is 6.92. The molecule has 3 heteroatoms. The van der Waals surface area contributed by atoms with Gasteiger partial charge in [-0.05, 0) is 61.9 Å². The predicted octanol–water partition coefficient (Wildman–Crippen LogP) is 4.69. The molecular formula is C22H27NO2. The minimum atomic E-state index is -0.403. The fourth-order valence-electron chi connectivity index (χ4n) is 3.30. The van der Waals surface area contributed by atoms with Crippen LogP contribution in [-0.4, -0.2) is 19.1 Å². The first-order valence-electron chi connectivity index (χ1n) is 9.21. The van der Waals surface area contributed by atoms with Crippen LogP contribution in [0.25, 0.3) is 0 Å². The van der Waals surface area contributed by atoms with Gasteiger partial charge in [0.05, 0.1) is 0 Å². The van der Waals surface area contributed by atoms with Gasteiger partial charge < -0.3 is 9.64 Å². The number of amides is 1. The van der Waals surface area contributed by atoms with Crippen molar-refractivity contribution in [1.82, 2.24) is 0 Å². The Balaban J connectivity index is 1.67. The molecule has 0 aliphatic carbocycles. The average molecular weight is 337 g/mol. The zero-order valence-corrected chi connectivity index (χ0v) is 15.4. The number of likely N-dealkylation sites (N-methyl/N-ethyl adjacent to an activating group) is 1. The Morgan fingerprint density at radius 3 is 2.68 bits per heavy atom. The van der Waals surface area contributed by atoms with Crippen molar-refractivity contribution >= 4 is 11.6 Å². The van der Waals surface area contributed by atoms with Crippen LogP contribution < -0.4 is 9.64 Å². The van der Waals surface area contributed by atoms with Crippen molar-refractivity contribution in [2.45, 2.75) is 52.1 Å². The predicted molar refractivity (Wildman–Crippen MR) is 102 cm³/mol. The number of hydrogen-bond acceptors (Lipinski definition) is 2. The minimum Gasteiger partial charge on any atom is -0.480 e. The van der Waals surface area contributed by atoms with Crippen molar-refractivity contribution in [3.63, 3.8) is 0 Å². The van der Waals surface area contributed by atoms with Gasteiger partial charge in [-0.2, -0.15) is 0 Å². The molecule has 2 aromatic rings. The third kappa shape index (κ3) is 4.04. The number of ether oxygens (including phenoxy) is 1. The molecule has 2 aromatic carbocycles. The molecule has 0 spiro atoms. The molecule has 0 bridgehead atoms. The molecule has 3 nitrogen and oxygen atoms in total. The Morgan fingerprint density at radius 2 is 1.96 bits per heavy atom. The summed E-state index contributed by atoms with van der Waals surface area (Å²) >= 11 is 0. The van der Waals surface area contributed by atoms with Crippen LogP contribution in [0.1, 0.15) is 42.9 Å². The van der Waals surface area contributed by atoms with Crippen molar-refractivity contribution in [1.29, 1.82) is 0 Å². The molecule has 0 aromatic heterocycles. The molecular weight excluding hydrogens is 310 g/mol. The topological polar surface area (TPSA) is 29.5 Å². The lowest BCUT2D eigenvalue weighted by molar-refractivity contribution is -0.125. The maximum atomic E-state index is 12.8. The van der Waals surface area contributed by atoms with Gasteiger partial charge in [0.25, 0.3) is 5.91 Å². The highest BCUT2D eigenvalue weighted by molar-refractivity contribution is 5.96. The van der Waals surface area contributed by atoms with E-state index in [4.69, 9.17) is 4.74 Å². The molecule has 1 unspecified atom stereocenters. The summed E-state index contributed by atoms with van der Waals surface area (Å²) in [7, 11) is 1.83. The van der Waals surface area contributed by atoms with Gasteiger partial charge >= 0.3 is 0 Å². The first-order valence-corrected chi connectivity index (χ1v) is 9.21. The molecule has 0 N–H and O–H groups in total. The van der Waals surface area contributed by atoms with Gasteiger partial charge in [-0.1, -0.05) is 43.2 Å². The molecule has 0 saturated heterocycles. The summed E-state index contributed by atoms with van der Waals surface area (Å²) in [5.74, 6) is 0.867. The highest BCUT2D eigenvalue weighted by Gasteiger charge is 2.29. The second kappa shape index (κ2) is 7.73. The van der Waals surface area contributed by atoms with Crippen LogP contribution in [0.2, 0.25) is 0 Å². The number of rotatable bonds is 5. The lowest BCUT2D eigenvalue weighted by Crippen LogP contribution is -2.41. The summed E-state index contributed by atoms with van der Waals surface area (Å²) in [5, 5.41) is 0. The van der Waals surface area contributed by atoms with E-state index in [1.807, 2.05) is 31.3 Å². The maximum Gasteiger partial charge on any atom is 0.267 e. The zero-order chi connectivity index (χ0) is 17.8. The van der Waals surface area contributed by atoms with E-state index in [2.05, 4.69) is 32.0 Å². The van der Waals surface area contributed by atoms with Crippen molar-refractivity contribution < 1.29 is 9.53 Å². The summed E-state index contributed by atoms with van der Waals surface area (Å²) < 4.78 is 5.98. The van der Waals surface area contributed by atoms with E-state index in [1.165, 1.54) is 29.5 Å². The highest BCUT2D eigenvalue weighted by atomic mass is 16.5. The number of carbonyl (C=O) groups is 1. The highest BCUT2D eigenvalue weighted by Crippen LogP contribution is 2.29. The van der Waals surface area contributed by atoms with E-state index in [9.17, 15) is 4.79 Å². The molecule has 25 heavy (non-hydrogen) atoms. The van der Waals surface area contributed by atoms with E-state index >= 15 is 0 Å². The zero-order valence-electron chi connectivity index (χ0n) is 15.4. The quantitative estimate of drug-likeness (QED) is 0.792. The Kier molecular flexibility index (Phi) is 5.42. The molecule has 1 heterocycles. The fraction of sp³-hybridized carbons (Fsp3) is 0.409.